The zero-order valence-corrected chi connectivity index (χ0v) is 23.5. The summed E-state index contributed by atoms with van der Waals surface area (Å²) in [4.78, 5) is 34.9. The quantitative estimate of drug-likeness (QED) is 0.209. The fourth-order valence-electron chi connectivity index (χ4n) is 4.43. The number of aromatic nitrogens is 1. The molecule has 5 rings (SSSR count). The van der Waals surface area contributed by atoms with Crippen molar-refractivity contribution in [3.8, 4) is 11.5 Å². The number of rotatable bonds is 8. The summed E-state index contributed by atoms with van der Waals surface area (Å²) < 4.78 is 18.7. The highest BCUT2D eigenvalue weighted by Crippen LogP contribution is 2.44. The molecule has 1 atom stereocenters. The average molecular weight is 584 g/mol. The average Bonchev–Trinajstić information content (AvgIpc) is 3.36. The molecule has 0 bridgehead atoms. The summed E-state index contributed by atoms with van der Waals surface area (Å²) in [6.07, 6.45) is 1.95. The van der Waals surface area contributed by atoms with Crippen molar-refractivity contribution < 1.29 is 18.7 Å². The largest absolute Gasteiger partial charge is 0.490 e. The lowest BCUT2D eigenvalue weighted by Gasteiger charge is -2.23. The molecular weight excluding hydrogens is 556 g/mol. The Balaban J connectivity index is 1.72. The maximum Gasteiger partial charge on any atom is 0.297 e. The first-order valence-corrected chi connectivity index (χ1v) is 13.9. The molecule has 2 aromatic carbocycles. The van der Waals surface area contributed by atoms with E-state index in [1.807, 2.05) is 39.0 Å². The first-order chi connectivity index (χ1) is 17.8. The van der Waals surface area contributed by atoms with Crippen molar-refractivity contribution in [1.29, 1.82) is 0 Å². The number of benzene rings is 2. The molecule has 7 nitrogen and oxygen atoms in total. The number of amides is 1. The maximum absolute atomic E-state index is 13.9. The van der Waals surface area contributed by atoms with Crippen LogP contribution in [-0.2, 0) is 0 Å². The van der Waals surface area contributed by atoms with Crippen LogP contribution in [0.5, 0.6) is 11.5 Å². The van der Waals surface area contributed by atoms with Crippen molar-refractivity contribution in [1.82, 2.24) is 4.98 Å². The minimum atomic E-state index is -0.726. The van der Waals surface area contributed by atoms with Gasteiger partial charge in [0.15, 0.2) is 22.1 Å². The fraction of sp³-hybridized carbons (Fsp3) is 0.321. The number of thiazole rings is 1. The molecule has 0 aliphatic carbocycles. The second-order valence-electron chi connectivity index (χ2n) is 8.87. The van der Waals surface area contributed by atoms with Gasteiger partial charge in [0.2, 0.25) is 5.76 Å². The highest BCUT2D eigenvalue weighted by atomic mass is 79.9. The number of hydrogen-bond donors (Lipinski definition) is 0. The Hall–Kier alpha value is -3.17. The number of carbonyl (C=O) groups excluding carboxylic acids is 1. The third-order valence-electron chi connectivity index (χ3n) is 6.39. The Bertz CT molecular complexity index is 1540. The Morgan fingerprint density at radius 2 is 1.89 bits per heavy atom. The van der Waals surface area contributed by atoms with Gasteiger partial charge in [0.1, 0.15) is 5.58 Å². The van der Waals surface area contributed by atoms with E-state index in [1.54, 1.807) is 23.1 Å². The topological polar surface area (TPSA) is 81.9 Å². The Morgan fingerprint density at radius 3 is 2.59 bits per heavy atom. The third kappa shape index (κ3) is 4.55. The van der Waals surface area contributed by atoms with Crippen LogP contribution in [0, 0.1) is 13.8 Å². The summed E-state index contributed by atoms with van der Waals surface area (Å²) in [7, 11) is 0. The van der Waals surface area contributed by atoms with Crippen molar-refractivity contribution in [2.24, 2.45) is 0 Å². The van der Waals surface area contributed by atoms with Gasteiger partial charge in [-0.05, 0) is 63.1 Å². The molecule has 0 spiro atoms. The van der Waals surface area contributed by atoms with Crippen LogP contribution < -0.4 is 19.8 Å². The number of fused-ring (bicyclic) bond motifs is 2. The molecule has 4 aromatic rings. The van der Waals surface area contributed by atoms with E-state index in [9.17, 15) is 9.59 Å². The van der Waals surface area contributed by atoms with E-state index < -0.39 is 11.9 Å². The van der Waals surface area contributed by atoms with E-state index in [-0.39, 0.29) is 11.2 Å². The lowest BCUT2D eigenvalue weighted by Crippen LogP contribution is -2.29. The van der Waals surface area contributed by atoms with Crippen LogP contribution in [0.25, 0.3) is 11.0 Å². The summed E-state index contributed by atoms with van der Waals surface area (Å²) in [5.41, 5.74) is 1.96. The van der Waals surface area contributed by atoms with E-state index in [1.165, 1.54) is 11.3 Å². The molecule has 9 heteroatoms. The first kappa shape index (κ1) is 25.5. The number of nitrogens with zero attached hydrogens (tertiary/aromatic N) is 2. The van der Waals surface area contributed by atoms with Crippen LogP contribution >= 0.6 is 27.3 Å². The summed E-state index contributed by atoms with van der Waals surface area (Å²) >= 11 is 4.86. The second kappa shape index (κ2) is 10.3. The third-order valence-corrected chi connectivity index (χ3v) is 7.96. The highest BCUT2D eigenvalue weighted by molar-refractivity contribution is 9.10. The minimum absolute atomic E-state index is 0.0385. The van der Waals surface area contributed by atoms with Gasteiger partial charge in [-0.25, -0.2) is 4.98 Å². The fourth-order valence-corrected chi connectivity index (χ4v) is 5.72. The number of carbonyl (C=O) groups is 1. The summed E-state index contributed by atoms with van der Waals surface area (Å²) in [6, 6.07) is 10.0. The molecule has 37 heavy (non-hydrogen) atoms. The van der Waals surface area contributed by atoms with Gasteiger partial charge < -0.3 is 13.9 Å². The van der Waals surface area contributed by atoms with Crippen LogP contribution in [0.4, 0.5) is 5.13 Å². The first-order valence-electron chi connectivity index (χ1n) is 12.3. The van der Waals surface area contributed by atoms with Crippen molar-refractivity contribution in [3.05, 3.63) is 78.6 Å². The minimum Gasteiger partial charge on any atom is -0.490 e. The van der Waals surface area contributed by atoms with Gasteiger partial charge in [0.05, 0.1) is 35.9 Å². The number of halogens is 1. The molecule has 1 aliphatic heterocycles. The van der Waals surface area contributed by atoms with E-state index in [4.69, 9.17) is 13.9 Å². The molecule has 1 amide bonds. The number of aryl methyl sites for hydroxylation is 2. The zero-order chi connectivity index (χ0) is 26.3. The molecule has 0 radical (unpaired) electrons. The lowest BCUT2D eigenvalue weighted by atomic mass is 9.98. The smallest absolute Gasteiger partial charge is 0.297 e. The Labute approximate surface area is 227 Å². The van der Waals surface area contributed by atoms with Gasteiger partial charge in [0.25, 0.3) is 5.91 Å². The molecule has 2 aromatic heterocycles. The molecule has 1 unspecified atom stereocenters. The van der Waals surface area contributed by atoms with Crippen LogP contribution in [0.1, 0.15) is 65.0 Å². The van der Waals surface area contributed by atoms with Gasteiger partial charge in [0, 0.05) is 9.35 Å². The van der Waals surface area contributed by atoms with Gasteiger partial charge in [-0.15, -0.1) is 11.3 Å². The standard InChI is InChI=1S/C28H27BrN2O5S/c1-5-7-12-35-21-10-8-17(13-22(21)34-6-2)24-23-25(32)19-14-18(29)9-11-20(19)36-26(23)27(33)31(24)28-30-15(3)16(4)37-28/h8-11,13-14,24H,5-7,12H2,1-4H3. The van der Waals surface area contributed by atoms with Crippen molar-refractivity contribution in [2.75, 3.05) is 18.1 Å². The molecule has 0 saturated carbocycles. The molecule has 3 heterocycles. The predicted molar refractivity (Wildman–Crippen MR) is 148 cm³/mol. The van der Waals surface area contributed by atoms with E-state index in [0.29, 0.717) is 51.9 Å². The van der Waals surface area contributed by atoms with Crippen LogP contribution in [0.3, 0.4) is 0 Å². The van der Waals surface area contributed by atoms with Gasteiger partial charge in [-0.3, -0.25) is 14.5 Å². The SMILES string of the molecule is CCCCOc1ccc(C2c3c(oc4ccc(Br)cc4c3=O)C(=O)N2c2nc(C)c(C)s2)cc1OCC. The Morgan fingerprint density at radius 1 is 1.08 bits per heavy atom. The molecule has 0 fully saturated rings. The monoisotopic (exact) mass is 582 g/mol. The highest BCUT2D eigenvalue weighted by Gasteiger charge is 2.45. The van der Waals surface area contributed by atoms with Crippen LogP contribution in [0.15, 0.2) is 50.1 Å². The predicted octanol–water partition coefficient (Wildman–Crippen LogP) is 6.96. The number of ether oxygens (including phenoxy) is 2. The van der Waals surface area contributed by atoms with Crippen molar-refractivity contribution in [3.63, 3.8) is 0 Å². The van der Waals surface area contributed by atoms with E-state index >= 15 is 0 Å². The van der Waals surface area contributed by atoms with Gasteiger partial charge in [-0.1, -0.05) is 35.3 Å². The van der Waals surface area contributed by atoms with Crippen LogP contribution in [0.2, 0.25) is 0 Å². The molecule has 1 aliphatic rings. The Kier molecular flexibility index (Phi) is 7.09. The summed E-state index contributed by atoms with van der Waals surface area (Å²) in [5.74, 6) is 0.843. The second-order valence-corrected chi connectivity index (χ2v) is 11.0. The maximum atomic E-state index is 13.9. The molecular formula is C28H27BrN2O5S. The normalized spacial score (nSPS) is 14.9. The van der Waals surface area contributed by atoms with E-state index in [0.717, 1.165) is 27.9 Å². The molecule has 192 valence electrons. The zero-order valence-electron chi connectivity index (χ0n) is 21.1. The number of hydrogen-bond acceptors (Lipinski definition) is 7. The lowest BCUT2D eigenvalue weighted by molar-refractivity contribution is 0.0971. The summed E-state index contributed by atoms with van der Waals surface area (Å²) in [6.45, 7) is 8.91. The number of anilines is 1. The van der Waals surface area contributed by atoms with Crippen molar-refractivity contribution in [2.45, 2.75) is 46.6 Å². The van der Waals surface area contributed by atoms with Crippen LogP contribution in [-0.4, -0.2) is 24.1 Å². The van der Waals surface area contributed by atoms with Gasteiger partial charge >= 0.3 is 0 Å². The number of unbranched alkanes of at least 4 members (excludes halogenated alkanes) is 1. The molecule has 0 saturated heterocycles. The van der Waals surface area contributed by atoms with Crippen molar-refractivity contribution >= 4 is 49.3 Å². The van der Waals surface area contributed by atoms with E-state index in [2.05, 4.69) is 27.8 Å². The molecule has 0 N–H and O–H groups in total. The van der Waals surface area contributed by atoms with Gasteiger partial charge in [-0.2, -0.15) is 0 Å². The summed E-state index contributed by atoms with van der Waals surface area (Å²) in [5, 5.41) is 0.922.